The minimum atomic E-state index is -0.364. The van der Waals surface area contributed by atoms with E-state index in [-0.39, 0.29) is 17.3 Å². The number of nitrogens with zero attached hydrogens (tertiary/aromatic N) is 3. The summed E-state index contributed by atoms with van der Waals surface area (Å²) in [6.07, 6.45) is 0. The molecule has 2 aromatic heterocycles. The van der Waals surface area contributed by atoms with E-state index in [1.165, 1.54) is 11.6 Å². The van der Waals surface area contributed by atoms with Crippen molar-refractivity contribution in [2.75, 3.05) is 11.9 Å². The van der Waals surface area contributed by atoms with Crippen LogP contribution in [0.2, 0.25) is 0 Å². The van der Waals surface area contributed by atoms with Crippen molar-refractivity contribution in [2.45, 2.75) is 19.9 Å². The first-order chi connectivity index (χ1) is 17.9. The Morgan fingerprint density at radius 3 is 2.46 bits per heavy atom. The summed E-state index contributed by atoms with van der Waals surface area (Å²) in [7, 11) is 3.27. The Labute approximate surface area is 214 Å². The van der Waals surface area contributed by atoms with E-state index in [4.69, 9.17) is 4.74 Å². The Balaban J connectivity index is 1.85. The van der Waals surface area contributed by atoms with Crippen LogP contribution in [0.1, 0.15) is 29.8 Å². The highest BCUT2D eigenvalue weighted by Crippen LogP contribution is 2.46. The molecule has 0 saturated carbocycles. The van der Waals surface area contributed by atoms with Crippen LogP contribution in [0.15, 0.2) is 82.4 Å². The SMILES string of the molecule is CCOc1ccccc1[C@H]1Nc2ccccc2-n2c(-c3cccc(C)c3)c3c(=O)n(C)c(=O)n(C)c3c21. The van der Waals surface area contributed by atoms with Crippen LogP contribution in [-0.4, -0.2) is 20.3 Å². The van der Waals surface area contributed by atoms with Crippen LogP contribution in [-0.2, 0) is 14.1 Å². The highest BCUT2D eigenvalue weighted by Gasteiger charge is 2.35. The summed E-state index contributed by atoms with van der Waals surface area (Å²) in [5.41, 5.74) is 6.33. The van der Waals surface area contributed by atoms with Crippen LogP contribution >= 0.6 is 0 Å². The molecule has 186 valence electrons. The van der Waals surface area contributed by atoms with Gasteiger partial charge in [0.1, 0.15) is 5.75 Å². The zero-order valence-electron chi connectivity index (χ0n) is 21.3. The second-order valence-electron chi connectivity index (χ2n) is 9.43. The summed E-state index contributed by atoms with van der Waals surface area (Å²) in [6, 6.07) is 23.8. The number of para-hydroxylation sites is 3. The maximum Gasteiger partial charge on any atom is 0.331 e. The topological polar surface area (TPSA) is 70.2 Å². The van der Waals surface area contributed by atoms with E-state index in [1.54, 1.807) is 11.6 Å². The van der Waals surface area contributed by atoms with E-state index in [2.05, 4.69) is 16.0 Å². The van der Waals surface area contributed by atoms with Crippen molar-refractivity contribution in [2.24, 2.45) is 14.1 Å². The molecule has 1 N–H and O–H groups in total. The number of rotatable bonds is 4. The van der Waals surface area contributed by atoms with Crippen molar-refractivity contribution in [1.82, 2.24) is 13.7 Å². The molecule has 1 aliphatic heterocycles. The fourth-order valence-corrected chi connectivity index (χ4v) is 5.52. The van der Waals surface area contributed by atoms with Crippen LogP contribution in [0.4, 0.5) is 5.69 Å². The van der Waals surface area contributed by atoms with E-state index < -0.39 is 0 Å². The molecule has 3 aromatic carbocycles. The third kappa shape index (κ3) is 3.34. The minimum Gasteiger partial charge on any atom is -0.494 e. The molecule has 0 bridgehead atoms. The summed E-state index contributed by atoms with van der Waals surface area (Å²) < 4.78 is 11.0. The molecular weight excluding hydrogens is 464 g/mol. The lowest BCUT2D eigenvalue weighted by Gasteiger charge is -2.32. The number of fused-ring (bicyclic) bond motifs is 5. The predicted octanol–water partition coefficient (Wildman–Crippen LogP) is 4.92. The lowest BCUT2D eigenvalue weighted by Crippen LogP contribution is -2.37. The van der Waals surface area contributed by atoms with Crippen LogP contribution in [0.5, 0.6) is 5.75 Å². The molecule has 0 saturated heterocycles. The van der Waals surface area contributed by atoms with Gasteiger partial charge in [-0.2, -0.15) is 0 Å². The first-order valence-electron chi connectivity index (χ1n) is 12.4. The van der Waals surface area contributed by atoms with Gasteiger partial charge in [0.15, 0.2) is 0 Å². The predicted molar refractivity (Wildman–Crippen MR) is 147 cm³/mol. The van der Waals surface area contributed by atoms with Gasteiger partial charge in [-0.25, -0.2) is 4.79 Å². The van der Waals surface area contributed by atoms with Crippen molar-refractivity contribution >= 4 is 16.6 Å². The van der Waals surface area contributed by atoms with E-state index in [1.807, 2.05) is 80.6 Å². The molecule has 0 unspecified atom stereocenters. The lowest BCUT2D eigenvalue weighted by molar-refractivity contribution is 0.335. The normalized spacial score (nSPS) is 14.2. The molecule has 0 fully saturated rings. The molecule has 3 heterocycles. The summed E-state index contributed by atoms with van der Waals surface area (Å²) >= 11 is 0. The van der Waals surface area contributed by atoms with Crippen LogP contribution in [0.25, 0.3) is 27.8 Å². The molecule has 1 atom stereocenters. The van der Waals surface area contributed by atoms with Crippen molar-refractivity contribution in [3.05, 3.63) is 110 Å². The molecule has 37 heavy (non-hydrogen) atoms. The number of nitrogens with one attached hydrogen (secondary N) is 1. The fourth-order valence-electron chi connectivity index (χ4n) is 5.52. The number of hydrogen-bond acceptors (Lipinski definition) is 4. The molecule has 0 radical (unpaired) electrons. The molecular formula is C30H28N4O3. The first kappa shape index (κ1) is 22.9. The summed E-state index contributed by atoms with van der Waals surface area (Å²) in [5.74, 6) is 0.758. The van der Waals surface area contributed by atoms with Gasteiger partial charge in [0.25, 0.3) is 5.56 Å². The van der Waals surface area contributed by atoms with Crippen molar-refractivity contribution in [1.29, 1.82) is 0 Å². The highest BCUT2D eigenvalue weighted by molar-refractivity contribution is 5.99. The standard InChI is InChI=1S/C30H28N4O3/c1-5-37-23-16-9-6-13-20(23)25-28-27-24(29(35)33(4)30(36)32(27)3)26(19-12-10-11-18(2)17-19)34(28)22-15-8-7-14-21(22)31-25/h6-17,25,31H,5H2,1-4H3/t25-/m1/s1. The van der Waals surface area contributed by atoms with Gasteiger partial charge in [0.05, 0.1) is 46.3 Å². The average molecular weight is 493 g/mol. The van der Waals surface area contributed by atoms with Crippen molar-refractivity contribution in [3.63, 3.8) is 0 Å². The Morgan fingerprint density at radius 1 is 0.919 bits per heavy atom. The molecule has 0 amide bonds. The number of ether oxygens (including phenoxy) is 1. The van der Waals surface area contributed by atoms with Gasteiger partial charge in [-0.1, -0.05) is 54.1 Å². The zero-order chi connectivity index (χ0) is 25.8. The van der Waals surface area contributed by atoms with E-state index in [0.29, 0.717) is 17.5 Å². The van der Waals surface area contributed by atoms with Gasteiger partial charge < -0.3 is 14.6 Å². The van der Waals surface area contributed by atoms with Crippen LogP contribution in [0, 0.1) is 6.92 Å². The second kappa shape index (κ2) is 8.55. The highest BCUT2D eigenvalue weighted by atomic mass is 16.5. The molecule has 0 aliphatic carbocycles. The van der Waals surface area contributed by atoms with E-state index >= 15 is 0 Å². The minimum absolute atomic E-state index is 0.314. The average Bonchev–Trinajstić information content (AvgIpc) is 3.27. The van der Waals surface area contributed by atoms with E-state index in [0.717, 1.165) is 45.2 Å². The molecule has 1 aliphatic rings. The van der Waals surface area contributed by atoms with Gasteiger partial charge in [0.2, 0.25) is 0 Å². The third-order valence-electron chi connectivity index (χ3n) is 7.15. The van der Waals surface area contributed by atoms with Crippen molar-refractivity contribution in [3.8, 4) is 22.7 Å². The Morgan fingerprint density at radius 2 is 1.68 bits per heavy atom. The monoisotopic (exact) mass is 492 g/mol. The molecule has 7 heteroatoms. The maximum atomic E-state index is 13.8. The summed E-state index contributed by atoms with van der Waals surface area (Å²) in [6.45, 7) is 4.52. The fraction of sp³-hybridized carbons (Fsp3) is 0.200. The van der Waals surface area contributed by atoms with Gasteiger partial charge in [-0.3, -0.25) is 13.9 Å². The zero-order valence-corrected chi connectivity index (χ0v) is 21.3. The van der Waals surface area contributed by atoms with Crippen LogP contribution in [0.3, 0.4) is 0 Å². The number of aryl methyl sites for hydroxylation is 2. The second-order valence-corrected chi connectivity index (χ2v) is 9.43. The van der Waals surface area contributed by atoms with Gasteiger partial charge in [-0.15, -0.1) is 0 Å². The van der Waals surface area contributed by atoms with Gasteiger partial charge in [-0.05, 0) is 43.7 Å². The third-order valence-corrected chi connectivity index (χ3v) is 7.15. The molecule has 7 nitrogen and oxygen atoms in total. The quantitative estimate of drug-likeness (QED) is 0.387. The van der Waals surface area contributed by atoms with E-state index in [9.17, 15) is 9.59 Å². The van der Waals surface area contributed by atoms with Crippen LogP contribution < -0.4 is 21.3 Å². The Hall–Kier alpha value is -4.52. The molecule has 5 aromatic rings. The summed E-state index contributed by atoms with van der Waals surface area (Å²) in [5, 5.41) is 4.21. The summed E-state index contributed by atoms with van der Waals surface area (Å²) in [4.78, 5) is 27.0. The smallest absolute Gasteiger partial charge is 0.331 e. The number of benzene rings is 3. The first-order valence-corrected chi connectivity index (χ1v) is 12.4. The van der Waals surface area contributed by atoms with Crippen molar-refractivity contribution < 1.29 is 4.74 Å². The largest absolute Gasteiger partial charge is 0.494 e. The number of hydrogen-bond donors (Lipinski definition) is 1. The van der Waals surface area contributed by atoms with Gasteiger partial charge >= 0.3 is 5.69 Å². The molecule has 0 spiro atoms. The van der Waals surface area contributed by atoms with Gasteiger partial charge in [0, 0.05) is 19.7 Å². The Bertz CT molecular complexity index is 1810. The number of anilines is 1. The Kier molecular flexibility index (Phi) is 5.30. The number of aromatic nitrogens is 3. The lowest BCUT2D eigenvalue weighted by atomic mass is 9.98. The molecule has 6 rings (SSSR count). The maximum absolute atomic E-state index is 13.8.